The molecule has 62 valence electrons. The summed E-state index contributed by atoms with van der Waals surface area (Å²) < 4.78 is 0. The molecule has 12 heavy (non-hydrogen) atoms. The predicted molar refractivity (Wildman–Crippen MR) is 52.8 cm³/mol. The fraction of sp³-hybridized carbons (Fsp3) is 0.333. The van der Waals surface area contributed by atoms with Crippen molar-refractivity contribution in [2.75, 3.05) is 0 Å². The maximum absolute atomic E-state index is 2.33. The van der Waals surface area contributed by atoms with Gasteiger partial charge in [0.15, 0.2) is 0 Å². The first-order valence-electron chi connectivity index (χ1n) is 4.46. The largest absolute Gasteiger partial charge is 0.0761 e. The number of hydrogen-bond acceptors (Lipinski definition) is 0. The lowest BCUT2D eigenvalue weighted by Crippen LogP contribution is -2.08. The highest BCUT2D eigenvalue weighted by atomic mass is 14.3. The molecule has 0 fully saturated rings. The molecule has 0 spiro atoms. The van der Waals surface area contributed by atoms with E-state index in [1.54, 1.807) is 0 Å². The second-order valence-electron chi connectivity index (χ2n) is 4.07. The lowest BCUT2D eigenvalue weighted by atomic mass is 9.84. The van der Waals surface area contributed by atoms with Crippen LogP contribution in [0.15, 0.2) is 47.6 Å². The molecule has 2 aliphatic carbocycles. The molecule has 0 saturated heterocycles. The minimum atomic E-state index is 0.342. The van der Waals surface area contributed by atoms with Crippen molar-refractivity contribution >= 4 is 0 Å². The molecule has 0 unspecified atom stereocenters. The maximum Gasteiger partial charge on any atom is -0.00630 e. The van der Waals surface area contributed by atoms with Crippen molar-refractivity contribution in [1.82, 2.24) is 0 Å². The smallest absolute Gasteiger partial charge is 0.00630 e. The first-order valence-corrected chi connectivity index (χ1v) is 4.46. The van der Waals surface area contributed by atoms with E-state index in [0.717, 1.165) is 0 Å². The van der Waals surface area contributed by atoms with E-state index in [2.05, 4.69) is 50.3 Å². The van der Waals surface area contributed by atoms with Crippen molar-refractivity contribution in [2.45, 2.75) is 20.3 Å². The Morgan fingerprint density at radius 3 is 2.83 bits per heavy atom. The Bertz CT molecular complexity index is 309. The molecule has 0 aromatic rings. The van der Waals surface area contributed by atoms with Gasteiger partial charge in [0.1, 0.15) is 0 Å². The zero-order valence-corrected chi connectivity index (χ0v) is 7.67. The normalized spacial score (nSPS) is 24.5. The highest BCUT2D eigenvalue weighted by Crippen LogP contribution is 2.42. The van der Waals surface area contributed by atoms with Gasteiger partial charge in [-0.1, -0.05) is 50.3 Å². The van der Waals surface area contributed by atoms with Gasteiger partial charge in [-0.05, 0) is 23.0 Å². The zero-order valence-electron chi connectivity index (χ0n) is 7.67. The average Bonchev–Trinajstić information content (AvgIpc) is 2.27. The van der Waals surface area contributed by atoms with E-state index in [1.807, 2.05) is 0 Å². The Morgan fingerprint density at radius 1 is 1.17 bits per heavy atom. The second kappa shape index (κ2) is 2.48. The third kappa shape index (κ3) is 1.08. The molecule has 0 aliphatic heterocycles. The molecule has 0 aromatic carbocycles. The molecular formula is C12H14. The second-order valence-corrected chi connectivity index (χ2v) is 4.07. The Balaban J connectivity index is 2.46. The van der Waals surface area contributed by atoms with Crippen LogP contribution in [0.3, 0.4) is 0 Å². The van der Waals surface area contributed by atoms with Crippen LogP contribution in [0.4, 0.5) is 0 Å². The van der Waals surface area contributed by atoms with Crippen LogP contribution in [0.2, 0.25) is 0 Å². The van der Waals surface area contributed by atoms with E-state index >= 15 is 0 Å². The van der Waals surface area contributed by atoms with Crippen LogP contribution >= 0.6 is 0 Å². The number of allylic oxidation sites excluding steroid dienone is 8. The lowest BCUT2D eigenvalue weighted by molar-refractivity contribution is 0.482. The van der Waals surface area contributed by atoms with Crippen LogP contribution in [0.5, 0.6) is 0 Å². The van der Waals surface area contributed by atoms with Crippen molar-refractivity contribution in [2.24, 2.45) is 5.41 Å². The van der Waals surface area contributed by atoms with Gasteiger partial charge in [-0.15, -0.1) is 0 Å². The standard InChI is InChI=1S/C12H14/c1-12(2)9-8-10-6-4-3-5-7-11(10)12/h3-8H,9H2,1-2H3. The number of hydrogen-bond donors (Lipinski definition) is 0. The van der Waals surface area contributed by atoms with Gasteiger partial charge in [0.2, 0.25) is 0 Å². The molecule has 0 atom stereocenters. The Hall–Kier alpha value is -1.04. The first-order chi connectivity index (χ1) is 5.70. The molecule has 0 N–H and O–H groups in total. The first kappa shape index (κ1) is 7.60. The molecule has 2 aliphatic rings. The van der Waals surface area contributed by atoms with Crippen molar-refractivity contribution < 1.29 is 0 Å². The maximum atomic E-state index is 2.33. The van der Waals surface area contributed by atoms with Crippen LogP contribution in [0.1, 0.15) is 20.3 Å². The van der Waals surface area contributed by atoms with Crippen molar-refractivity contribution in [1.29, 1.82) is 0 Å². The van der Waals surface area contributed by atoms with E-state index in [1.165, 1.54) is 17.6 Å². The van der Waals surface area contributed by atoms with E-state index in [0.29, 0.717) is 5.41 Å². The van der Waals surface area contributed by atoms with Gasteiger partial charge in [0, 0.05) is 0 Å². The quantitative estimate of drug-likeness (QED) is 0.507. The Morgan fingerprint density at radius 2 is 2.00 bits per heavy atom. The average molecular weight is 158 g/mol. The molecule has 0 aromatic heterocycles. The van der Waals surface area contributed by atoms with Gasteiger partial charge < -0.3 is 0 Å². The molecule has 0 bridgehead atoms. The highest BCUT2D eigenvalue weighted by molar-refractivity contribution is 5.51. The fourth-order valence-electron chi connectivity index (χ4n) is 1.83. The monoisotopic (exact) mass is 158 g/mol. The molecule has 0 heteroatoms. The molecular weight excluding hydrogens is 144 g/mol. The molecule has 0 nitrogen and oxygen atoms in total. The molecule has 0 radical (unpaired) electrons. The predicted octanol–water partition coefficient (Wildman–Crippen LogP) is 3.40. The highest BCUT2D eigenvalue weighted by Gasteiger charge is 2.28. The summed E-state index contributed by atoms with van der Waals surface area (Å²) in [6.45, 7) is 4.60. The molecule has 0 saturated carbocycles. The van der Waals surface area contributed by atoms with E-state index in [9.17, 15) is 0 Å². The van der Waals surface area contributed by atoms with Crippen LogP contribution < -0.4 is 0 Å². The van der Waals surface area contributed by atoms with Crippen molar-refractivity contribution in [3.05, 3.63) is 47.6 Å². The SMILES string of the molecule is CC1(C)CC=C2C=CC=CC=C21. The Kier molecular flexibility index (Phi) is 1.57. The van der Waals surface area contributed by atoms with Gasteiger partial charge in [-0.3, -0.25) is 0 Å². The van der Waals surface area contributed by atoms with Gasteiger partial charge in [0.25, 0.3) is 0 Å². The van der Waals surface area contributed by atoms with Crippen molar-refractivity contribution in [3.8, 4) is 0 Å². The summed E-state index contributed by atoms with van der Waals surface area (Å²) >= 11 is 0. The minimum Gasteiger partial charge on any atom is -0.0761 e. The van der Waals surface area contributed by atoms with Gasteiger partial charge >= 0.3 is 0 Å². The van der Waals surface area contributed by atoms with Gasteiger partial charge in [-0.25, -0.2) is 0 Å². The minimum absolute atomic E-state index is 0.342. The third-order valence-electron chi connectivity index (χ3n) is 2.63. The summed E-state index contributed by atoms with van der Waals surface area (Å²) in [7, 11) is 0. The Labute approximate surface area is 74.0 Å². The zero-order chi connectivity index (χ0) is 8.60. The topological polar surface area (TPSA) is 0 Å². The van der Waals surface area contributed by atoms with Crippen LogP contribution in [-0.2, 0) is 0 Å². The summed E-state index contributed by atoms with van der Waals surface area (Å²) in [6, 6.07) is 0. The van der Waals surface area contributed by atoms with Crippen LogP contribution in [0.25, 0.3) is 0 Å². The summed E-state index contributed by atoms with van der Waals surface area (Å²) in [5.41, 5.74) is 3.23. The van der Waals surface area contributed by atoms with E-state index in [-0.39, 0.29) is 0 Å². The summed E-state index contributed by atoms with van der Waals surface area (Å²) in [5.74, 6) is 0. The molecule has 0 amide bonds. The fourth-order valence-corrected chi connectivity index (χ4v) is 1.83. The summed E-state index contributed by atoms with van der Waals surface area (Å²) in [4.78, 5) is 0. The summed E-state index contributed by atoms with van der Waals surface area (Å²) in [6.07, 6.45) is 14.3. The third-order valence-corrected chi connectivity index (χ3v) is 2.63. The number of rotatable bonds is 0. The van der Waals surface area contributed by atoms with E-state index in [4.69, 9.17) is 0 Å². The molecule has 2 rings (SSSR count). The van der Waals surface area contributed by atoms with Crippen LogP contribution in [-0.4, -0.2) is 0 Å². The lowest BCUT2D eigenvalue weighted by Gasteiger charge is -2.20. The van der Waals surface area contributed by atoms with Crippen molar-refractivity contribution in [3.63, 3.8) is 0 Å². The summed E-state index contributed by atoms with van der Waals surface area (Å²) in [5, 5.41) is 0. The van der Waals surface area contributed by atoms with Gasteiger partial charge in [-0.2, -0.15) is 0 Å². The van der Waals surface area contributed by atoms with E-state index < -0.39 is 0 Å². The number of fused-ring (bicyclic) bond motifs is 1. The van der Waals surface area contributed by atoms with Gasteiger partial charge in [0.05, 0.1) is 0 Å². The van der Waals surface area contributed by atoms with Crippen LogP contribution in [0, 0.1) is 5.41 Å². The molecule has 0 heterocycles.